The molecule has 0 radical (unpaired) electrons. The van der Waals surface area contributed by atoms with Crippen molar-refractivity contribution in [3.63, 3.8) is 0 Å². The Balaban J connectivity index is 1.98. The highest BCUT2D eigenvalue weighted by molar-refractivity contribution is 5.79. The van der Waals surface area contributed by atoms with Crippen LogP contribution >= 0.6 is 0 Å². The van der Waals surface area contributed by atoms with E-state index in [1.165, 1.54) is 0 Å². The Morgan fingerprint density at radius 3 is 2.80 bits per heavy atom. The lowest BCUT2D eigenvalue weighted by Gasteiger charge is -2.11. The summed E-state index contributed by atoms with van der Waals surface area (Å²) in [4.78, 5) is 4.40. The van der Waals surface area contributed by atoms with Gasteiger partial charge in [-0.15, -0.1) is 0 Å². The predicted molar refractivity (Wildman–Crippen MR) is 80.9 cm³/mol. The van der Waals surface area contributed by atoms with Gasteiger partial charge in [0.25, 0.3) is 0 Å². The summed E-state index contributed by atoms with van der Waals surface area (Å²) in [7, 11) is 0. The molecule has 0 amide bonds. The number of hydrogen-bond donors (Lipinski definition) is 1. The van der Waals surface area contributed by atoms with Crippen molar-refractivity contribution in [1.29, 1.82) is 0 Å². The van der Waals surface area contributed by atoms with E-state index in [0.717, 1.165) is 33.5 Å². The second kappa shape index (κ2) is 5.31. The number of pyridine rings is 1. The first-order valence-electron chi connectivity index (χ1n) is 6.58. The highest BCUT2D eigenvalue weighted by atomic mass is 16.5. The Kier molecular flexibility index (Phi) is 3.35. The zero-order valence-electron chi connectivity index (χ0n) is 11.3. The molecule has 2 N–H and O–H groups in total. The minimum absolute atomic E-state index is 0.455. The zero-order valence-corrected chi connectivity index (χ0v) is 11.3. The van der Waals surface area contributed by atoms with Crippen molar-refractivity contribution in [3.8, 4) is 11.5 Å². The molecular formula is C17H16N2O. The van der Waals surface area contributed by atoms with Crippen LogP contribution in [-0.2, 0) is 6.54 Å². The molecule has 0 spiro atoms. The van der Waals surface area contributed by atoms with Crippen molar-refractivity contribution in [2.24, 2.45) is 5.73 Å². The highest BCUT2D eigenvalue weighted by Crippen LogP contribution is 2.27. The quantitative estimate of drug-likeness (QED) is 0.782. The van der Waals surface area contributed by atoms with Crippen LogP contribution in [0.4, 0.5) is 0 Å². The van der Waals surface area contributed by atoms with Gasteiger partial charge in [-0.2, -0.15) is 0 Å². The Labute approximate surface area is 118 Å². The van der Waals surface area contributed by atoms with Crippen LogP contribution in [0.1, 0.15) is 11.1 Å². The van der Waals surface area contributed by atoms with Crippen molar-refractivity contribution < 1.29 is 4.74 Å². The minimum Gasteiger partial charge on any atom is -0.455 e. The molecule has 0 aliphatic rings. The lowest BCUT2D eigenvalue weighted by Crippen LogP contribution is -2.00. The topological polar surface area (TPSA) is 48.1 Å². The maximum Gasteiger partial charge on any atom is 0.146 e. The molecule has 3 aromatic rings. The van der Waals surface area contributed by atoms with Crippen molar-refractivity contribution in [2.75, 3.05) is 0 Å². The number of fused-ring (bicyclic) bond motifs is 1. The van der Waals surface area contributed by atoms with Crippen LogP contribution < -0.4 is 10.5 Å². The standard InChI is InChI=1S/C17H16N2O/c1-12-6-7-14(10-18)17(8-12)20-15-9-13-4-2-3-5-16(13)19-11-15/h2-9,11H,10,18H2,1H3. The van der Waals surface area contributed by atoms with Crippen LogP contribution in [0, 0.1) is 6.92 Å². The van der Waals surface area contributed by atoms with Crippen LogP contribution in [0.3, 0.4) is 0 Å². The molecule has 3 heteroatoms. The Morgan fingerprint density at radius 2 is 1.95 bits per heavy atom. The summed E-state index contributed by atoms with van der Waals surface area (Å²) in [5.41, 5.74) is 8.84. The van der Waals surface area contributed by atoms with E-state index in [-0.39, 0.29) is 0 Å². The third-order valence-electron chi connectivity index (χ3n) is 3.24. The number of para-hydroxylation sites is 1. The smallest absolute Gasteiger partial charge is 0.146 e. The van der Waals surface area contributed by atoms with E-state index in [0.29, 0.717) is 6.54 Å². The van der Waals surface area contributed by atoms with Crippen LogP contribution in [-0.4, -0.2) is 4.98 Å². The second-order valence-electron chi connectivity index (χ2n) is 4.78. The number of rotatable bonds is 3. The van der Waals surface area contributed by atoms with Gasteiger partial charge in [0, 0.05) is 17.5 Å². The number of nitrogens with two attached hydrogens (primary N) is 1. The predicted octanol–water partition coefficient (Wildman–Crippen LogP) is 3.79. The molecule has 20 heavy (non-hydrogen) atoms. The van der Waals surface area contributed by atoms with Gasteiger partial charge in [-0.25, -0.2) is 0 Å². The fourth-order valence-electron chi connectivity index (χ4n) is 2.16. The van der Waals surface area contributed by atoms with E-state index in [1.54, 1.807) is 6.20 Å². The van der Waals surface area contributed by atoms with E-state index in [2.05, 4.69) is 4.98 Å². The Morgan fingerprint density at radius 1 is 1.10 bits per heavy atom. The highest BCUT2D eigenvalue weighted by Gasteiger charge is 2.05. The van der Waals surface area contributed by atoms with Gasteiger partial charge >= 0.3 is 0 Å². The van der Waals surface area contributed by atoms with E-state index in [1.807, 2.05) is 55.5 Å². The van der Waals surface area contributed by atoms with Gasteiger partial charge in [0.2, 0.25) is 0 Å². The van der Waals surface area contributed by atoms with Gasteiger partial charge in [0.05, 0.1) is 11.7 Å². The molecule has 1 aromatic heterocycles. The number of hydrogen-bond acceptors (Lipinski definition) is 3. The largest absolute Gasteiger partial charge is 0.455 e. The maximum absolute atomic E-state index is 5.95. The normalized spacial score (nSPS) is 10.7. The van der Waals surface area contributed by atoms with Gasteiger partial charge in [-0.05, 0) is 30.7 Å². The van der Waals surface area contributed by atoms with Crippen LogP contribution in [0.5, 0.6) is 11.5 Å². The number of aryl methyl sites for hydroxylation is 1. The summed E-state index contributed by atoms with van der Waals surface area (Å²) in [6, 6.07) is 16.0. The Bertz CT molecular complexity index is 753. The molecule has 0 bridgehead atoms. The van der Waals surface area contributed by atoms with Gasteiger partial charge in [-0.1, -0.05) is 30.3 Å². The second-order valence-corrected chi connectivity index (χ2v) is 4.78. The minimum atomic E-state index is 0.455. The van der Waals surface area contributed by atoms with Gasteiger partial charge in [0.15, 0.2) is 0 Å². The molecule has 100 valence electrons. The van der Waals surface area contributed by atoms with Crippen molar-refractivity contribution >= 4 is 10.9 Å². The molecule has 0 aliphatic carbocycles. The average Bonchev–Trinajstić information content (AvgIpc) is 2.47. The zero-order chi connectivity index (χ0) is 13.9. The summed E-state index contributed by atoms with van der Waals surface area (Å²) in [5.74, 6) is 1.52. The fourth-order valence-corrected chi connectivity index (χ4v) is 2.16. The van der Waals surface area contributed by atoms with Crippen LogP contribution in [0.25, 0.3) is 10.9 Å². The third kappa shape index (κ3) is 2.49. The van der Waals surface area contributed by atoms with Gasteiger partial charge in [-0.3, -0.25) is 4.98 Å². The molecule has 2 aromatic carbocycles. The molecular weight excluding hydrogens is 248 g/mol. The molecule has 1 heterocycles. The number of ether oxygens (including phenoxy) is 1. The summed E-state index contributed by atoms with van der Waals surface area (Å²) in [6.07, 6.45) is 1.74. The Hall–Kier alpha value is -2.39. The first-order valence-corrected chi connectivity index (χ1v) is 6.58. The molecule has 0 aliphatic heterocycles. The number of aromatic nitrogens is 1. The first kappa shape index (κ1) is 12.6. The summed E-state index contributed by atoms with van der Waals surface area (Å²) in [6.45, 7) is 2.49. The summed E-state index contributed by atoms with van der Waals surface area (Å²) < 4.78 is 5.95. The molecule has 3 rings (SSSR count). The monoisotopic (exact) mass is 264 g/mol. The number of nitrogens with zero attached hydrogens (tertiary/aromatic N) is 1. The van der Waals surface area contributed by atoms with Crippen molar-refractivity contribution in [3.05, 3.63) is 65.9 Å². The molecule has 0 atom stereocenters. The molecule has 3 nitrogen and oxygen atoms in total. The molecule has 0 fully saturated rings. The van der Waals surface area contributed by atoms with Crippen LogP contribution in [0.2, 0.25) is 0 Å². The van der Waals surface area contributed by atoms with Gasteiger partial charge < -0.3 is 10.5 Å². The summed E-state index contributed by atoms with van der Waals surface area (Å²) >= 11 is 0. The lowest BCUT2D eigenvalue weighted by atomic mass is 10.1. The summed E-state index contributed by atoms with van der Waals surface area (Å²) in [5, 5.41) is 1.06. The number of benzene rings is 2. The van der Waals surface area contributed by atoms with Gasteiger partial charge in [0.1, 0.15) is 11.5 Å². The van der Waals surface area contributed by atoms with E-state index < -0.39 is 0 Å². The van der Waals surface area contributed by atoms with E-state index in [4.69, 9.17) is 10.5 Å². The average molecular weight is 264 g/mol. The van der Waals surface area contributed by atoms with E-state index in [9.17, 15) is 0 Å². The first-order chi connectivity index (χ1) is 9.76. The van der Waals surface area contributed by atoms with Crippen LogP contribution in [0.15, 0.2) is 54.7 Å². The fraction of sp³-hybridized carbons (Fsp3) is 0.118. The maximum atomic E-state index is 5.95. The molecule has 0 unspecified atom stereocenters. The SMILES string of the molecule is Cc1ccc(CN)c(Oc2cnc3ccccc3c2)c1. The lowest BCUT2D eigenvalue weighted by molar-refractivity contribution is 0.474. The molecule has 0 saturated heterocycles. The van der Waals surface area contributed by atoms with Crippen molar-refractivity contribution in [1.82, 2.24) is 4.98 Å². The van der Waals surface area contributed by atoms with E-state index >= 15 is 0 Å². The third-order valence-corrected chi connectivity index (χ3v) is 3.24. The molecule has 0 saturated carbocycles. The van der Waals surface area contributed by atoms with Crippen molar-refractivity contribution in [2.45, 2.75) is 13.5 Å².